The van der Waals surface area contributed by atoms with E-state index in [1.54, 1.807) is 24.3 Å². The first-order valence-electron chi connectivity index (χ1n) is 5.37. The van der Waals surface area contributed by atoms with Crippen molar-refractivity contribution >= 4 is 34.9 Å². The maximum atomic E-state index is 8.87. The quantitative estimate of drug-likeness (QED) is 0.530. The lowest BCUT2D eigenvalue weighted by Gasteiger charge is -1.97. The van der Waals surface area contributed by atoms with E-state index in [1.807, 2.05) is 18.2 Å². The summed E-state index contributed by atoms with van der Waals surface area (Å²) in [5.41, 5.74) is 6.49. The molecule has 0 bridgehead atoms. The highest BCUT2D eigenvalue weighted by Crippen LogP contribution is 2.25. The van der Waals surface area contributed by atoms with Crippen molar-refractivity contribution in [2.24, 2.45) is 5.73 Å². The van der Waals surface area contributed by atoms with Crippen molar-refractivity contribution in [3.05, 3.63) is 52.8 Å². The van der Waals surface area contributed by atoms with Crippen LogP contribution >= 0.6 is 23.8 Å². The molecule has 3 nitrogen and oxygen atoms in total. The van der Waals surface area contributed by atoms with Crippen LogP contribution < -0.4 is 5.73 Å². The molecule has 0 atom stereocenters. The molecule has 1 aromatic heterocycles. The number of halogens is 1. The molecule has 0 unspecified atom stereocenters. The van der Waals surface area contributed by atoms with E-state index in [1.165, 1.54) is 6.08 Å². The van der Waals surface area contributed by atoms with Gasteiger partial charge in [0.05, 0.1) is 5.57 Å². The van der Waals surface area contributed by atoms with E-state index in [2.05, 4.69) is 0 Å². The third kappa shape index (κ3) is 3.22. The lowest BCUT2D eigenvalue weighted by molar-refractivity contribution is 0.571. The van der Waals surface area contributed by atoms with Crippen LogP contribution in [0.5, 0.6) is 0 Å². The Hall–Kier alpha value is -2.09. The average Bonchev–Trinajstić information content (AvgIpc) is 2.84. The average molecular weight is 289 g/mol. The zero-order chi connectivity index (χ0) is 13.8. The highest BCUT2D eigenvalue weighted by Gasteiger charge is 2.06. The number of benzene rings is 1. The van der Waals surface area contributed by atoms with Crippen LogP contribution in [0, 0.1) is 11.3 Å². The number of furan rings is 1. The van der Waals surface area contributed by atoms with Crippen LogP contribution in [-0.2, 0) is 0 Å². The Kier molecular flexibility index (Phi) is 4.00. The van der Waals surface area contributed by atoms with Crippen LogP contribution in [0.4, 0.5) is 0 Å². The first-order chi connectivity index (χ1) is 9.10. The minimum Gasteiger partial charge on any atom is -0.457 e. The lowest BCUT2D eigenvalue weighted by Crippen LogP contribution is -2.09. The molecule has 0 aliphatic rings. The Morgan fingerprint density at radius 3 is 2.79 bits per heavy atom. The second-order valence-corrected chi connectivity index (χ2v) is 4.62. The van der Waals surface area contributed by atoms with Crippen molar-refractivity contribution < 1.29 is 4.42 Å². The van der Waals surface area contributed by atoms with Gasteiger partial charge in [0, 0.05) is 16.7 Å². The molecule has 2 aromatic rings. The van der Waals surface area contributed by atoms with Crippen molar-refractivity contribution in [2.75, 3.05) is 0 Å². The summed E-state index contributed by atoms with van der Waals surface area (Å²) in [6.45, 7) is 0. The SMILES string of the molecule is N#CC(=Cc1ccc(-c2cccc(Cl)c2)o1)C(N)=S. The number of rotatable bonds is 3. The van der Waals surface area contributed by atoms with Crippen LogP contribution in [0.15, 0.2) is 46.4 Å². The van der Waals surface area contributed by atoms with Gasteiger partial charge in [0.1, 0.15) is 22.6 Å². The fourth-order valence-corrected chi connectivity index (χ4v) is 1.82. The fourth-order valence-electron chi connectivity index (χ4n) is 1.53. The molecule has 0 spiro atoms. The molecule has 0 saturated heterocycles. The summed E-state index contributed by atoms with van der Waals surface area (Å²) >= 11 is 10.7. The minimum atomic E-state index is 0.0446. The molecule has 5 heteroatoms. The standard InChI is InChI=1S/C14H9ClN2OS/c15-11-3-1-2-9(6-11)13-5-4-12(18-13)7-10(8-16)14(17)19/h1-7H,(H2,17,19). The summed E-state index contributed by atoms with van der Waals surface area (Å²) in [4.78, 5) is 0.0446. The van der Waals surface area contributed by atoms with Crippen LogP contribution in [0.2, 0.25) is 5.02 Å². The van der Waals surface area contributed by atoms with Gasteiger partial charge in [0.2, 0.25) is 0 Å². The number of nitrogens with zero attached hydrogens (tertiary/aromatic N) is 1. The zero-order valence-electron chi connectivity index (χ0n) is 9.76. The third-order valence-electron chi connectivity index (χ3n) is 2.41. The fraction of sp³-hybridized carbons (Fsp3) is 0. The predicted molar refractivity (Wildman–Crippen MR) is 79.5 cm³/mol. The van der Waals surface area contributed by atoms with Gasteiger partial charge in [0.15, 0.2) is 0 Å². The lowest BCUT2D eigenvalue weighted by atomic mass is 10.2. The van der Waals surface area contributed by atoms with Gasteiger partial charge in [-0.2, -0.15) is 5.26 Å². The van der Waals surface area contributed by atoms with Crippen molar-refractivity contribution in [2.45, 2.75) is 0 Å². The number of thiocarbonyl (C=S) groups is 1. The third-order valence-corrected chi connectivity index (χ3v) is 2.86. The van der Waals surface area contributed by atoms with Crippen LogP contribution in [0.25, 0.3) is 17.4 Å². The molecular formula is C14H9ClN2OS. The van der Waals surface area contributed by atoms with E-state index in [9.17, 15) is 0 Å². The van der Waals surface area contributed by atoms with Gasteiger partial charge < -0.3 is 10.2 Å². The van der Waals surface area contributed by atoms with E-state index in [0.717, 1.165) is 5.56 Å². The van der Waals surface area contributed by atoms with Gasteiger partial charge in [-0.3, -0.25) is 0 Å². The Balaban J connectivity index is 2.35. The van der Waals surface area contributed by atoms with Crippen molar-refractivity contribution in [1.29, 1.82) is 5.26 Å². The summed E-state index contributed by atoms with van der Waals surface area (Å²) in [6.07, 6.45) is 1.51. The summed E-state index contributed by atoms with van der Waals surface area (Å²) in [5.74, 6) is 1.17. The Labute approximate surface area is 120 Å². The van der Waals surface area contributed by atoms with Gasteiger partial charge in [0.25, 0.3) is 0 Å². The Bertz CT molecular complexity index is 697. The molecule has 94 valence electrons. The molecule has 1 aromatic carbocycles. The first kappa shape index (κ1) is 13.3. The minimum absolute atomic E-state index is 0.0446. The van der Waals surface area contributed by atoms with E-state index < -0.39 is 0 Å². The highest BCUT2D eigenvalue weighted by atomic mass is 35.5. The predicted octanol–water partition coefficient (Wildman–Crippen LogP) is 3.79. The van der Waals surface area contributed by atoms with E-state index >= 15 is 0 Å². The van der Waals surface area contributed by atoms with Crippen LogP contribution in [0.1, 0.15) is 5.76 Å². The second-order valence-electron chi connectivity index (χ2n) is 3.75. The van der Waals surface area contributed by atoms with Crippen LogP contribution in [-0.4, -0.2) is 4.99 Å². The van der Waals surface area contributed by atoms with E-state index in [0.29, 0.717) is 16.5 Å². The van der Waals surface area contributed by atoms with Gasteiger partial charge in [-0.1, -0.05) is 36.0 Å². The highest BCUT2D eigenvalue weighted by molar-refractivity contribution is 7.80. The molecule has 19 heavy (non-hydrogen) atoms. The van der Waals surface area contributed by atoms with E-state index in [-0.39, 0.29) is 10.6 Å². The maximum absolute atomic E-state index is 8.87. The summed E-state index contributed by atoms with van der Waals surface area (Å²) in [5, 5.41) is 9.50. The Morgan fingerprint density at radius 2 is 2.16 bits per heavy atom. The molecule has 0 amide bonds. The van der Waals surface area contributed by atoms with Crippen LogP contribution in [0.3, 0.4) is 0 Å². The summed E-state index contributed by atoms with van der Waals surface area (Å²) < 4.78 is 5.61. The number of nitriles is 1. The van der Waals surface area contributed by atoms with Crippen molar-refractivity contribution in [3.8, 4) is 17.4 Å². The van der Waals surface area contributed by atoms with Gasteiger partial charge in [-0.05, 0) is 24.3 Å². The number of hydrogen-bond acceptors (Lipinski definition) is 3. The second kappa shape index (κ2) is 5.70. The maximum Gasteiger partial charge on any atom is 0.134 e. The van der Waals surface area contributed by atoms with Crippen molar-refractivity contribution in [1.82, 2.24) is 0 Å². The van der Waals surface area contributed by atoms with Crippen molar-refractivity contribution in [3.63, 3.8) is 0 Å². The first-order valence-corrected chi connectivity index (χ1v) is 6.16. The number of nitrogens with two attached hydrogens (primary N) is 1. The molecule has 1 heterocycles. The van der Waals surface area contributed by atoms with Gasteiger partial charge in [-0.15, -0.1) is 0 Å². The molecule has 2 N–H and O–H groups in total. The molecule has 0 saturated carbocycles. The molecule has 0 aliphatic heterocycles. The van der Waals surface area contributed by atoms with Gasteiger partial charge >= 0.3 is 0 Å². The summed E-state index contributed by atoms with van der Waals surface area (Å²) in [7, 11) is 0. The monoisotopic (exact) mass is 288 g/mol. The molecule has 0 aliphatic carbocycles. The number of hydrogen-bond donors (Lipinski definition) is 1. The zero-order valence-corrected chi connectivity index (χ0v) is 11.3. The molecule has 0 fully saturated rings. The normalized spacial score (nSPS) is 11.1. The molecule has 0 radical (unpaired) electrons. The van der Waals surface area contributed by atoms with Gasteiger partial charge in [-0.25, -0.2) is 0 Å². The molecule has 2 rings (SSSR count). The smallest absolute Gasteiger partial charge is 0.134 e. The van der Waals surface area contributed by atoms with E-state index in [4.69, 9.17) is 39.2 Å². The Morgan fingerprint density at radius 1 is 1.37 bits per heavy atom. The largest absolute Gasteiger partial charge is 0.457 e. The summed E-state index contributed by atoms with van der Waals surface area (Å²) in [6, 6.07) is 12.8. The molecular weight excluding hydrogens is 280 g/mol. The topological polar surface area (TPSA) is 63.0 Å².